The number of morpholine rings is 1. The van der Waals surface area contributed by atoms with Gasteiger partial charge in [-0.25, -0.2) is 0 Å². The maximum Gasteiger partial charge on any atom is 0.239 e. The molecule has 3 fully saturated rings. The summed E-state index contributed by atoms with van der Waals surface area (Å²) in [4.78, 5) is 36.3. The number of fused-ring (bicyclic) bond motifs is 1. The minimum absolute atomic E-state index is 0.0947. The Morgan fingerprint density at radius 3 is 2.86 bits per heavy atom. The molecule has 3 aliphatic heterocycles. The molecule has 0 aromatic carbocycles. The molecule has 29 heavy (non-hydrogen) atoms. The van der Waals surface area contributed by atoms with Gasteiger partial charge in [0.25, 0.3) is 0 Å². The monoisotopic (exact) mass is 401 g/mol. The summed E-state index contributed by atoms with van der Waals surface area (Å²) in [7, 11) is 2.10. The van der Waals surface area contributed by atoms with Crippen LogP contribution in [0.15, 0.2) is 24.4 Å². The highest BCUT2D eigenvalue weighted by molar-refractivity contribution is 5.83. The molecule has 2 amide bonds. The second-order valence-electron chi connectivity index (χ2n) is 8.19. The normalized spacial score (nSPS) is 28.7. The summed E-state index contributed by atoms with van der Waals surface area (Å²) in [5.41, 5.74) is 0.987. The number of pyridine rings is 1. The first-order chi connectivity index (χ1) is 14.1. The number of amides is 2. The molecule has 8 nitrogen and oxygen atoms in total. The van der Waals surface area contributed by atoms with Crippen molar-refractivity contribution in [1.29, 1.82) is 0 Å². The maximum absolute atomic E-state index is 12.9. The SMILES string of the molecule is CN1[C@@H](CCC(=O)N2CCOCC2)CNC(=O)[C@@H]2[C@H]1CCN2Cc1ccccn1. The van der Waals surface area contributed by atoms with Crippen molar-refractivity contribution in [2.24, 2.45) is 0 Å². The molecule has 0 spiro atoms. The van der Waals surface area contributed by atoms with Crippen molar-refractivity contribution in [3.05, 3.63) is 30.1 Å². The predicted octanol–water partition coefficient (Wildman–Crippen LogP) is 0.0937. The van der Waals surface area contributed by atoms with Gasteiger partial charge in [0.05, 0.1) is 18.9 Å². The van der Waals surface area contributed by atoms with Gasteiger partial charge in [-0.1, -0.05) is 6.07 Å². The molecule has 4 rings (SSSR count). The van der Waals surface area contributed by atoms with Crippen LogP contribution in [0, 0.1) is 0 Å². The summed E-state index contributed by atoms with van der Waals surface area (Å²) in [6.45, 7) is 4.77. The average molecular weight is 402 g/mol. The topological polar surface area (TPSA) is 78.0 Å². The summed E-state index contributed by atoms with van der Waals surface area (Å²) in [6.07, 6.45) is 4.02. The number of ether oxygens (including phenoxy) is 1. The van der Waals surface area contributed by atoms with E-state index in [-0.39, 0.29) is 29.9 Å². The molecule has 0 unspecified atom stereocenters. The molecule has 3 saturated heterocycles. The molecule has 0 bridgehead atoms. The molecule has 8 heteroatoms. The molecule has 158 valence electrons. The third-order valence-corrected chi connectivity index (χ3v) is 6.50. The van der Waals surface area contributed by atoms with Crippen LogP contribution >= 0.6 is 0 Å². The molecular formula is C21H31N5O3. The molecule has 3 aliphatic rings. The van der Waals surface area contributed by atoms with Crippen molar-refractivity contribution >= 4 is 11.8 Å². The lowest BCUT2D eigenvalue weighted by atomic mass is 10.0. The van der Waals surface area contributed by atoms with E-state index in [9.17, 15) is 9.59 Å². The minimum atomic E-state index is -0.165. The highest BCUT2D eigenvalue weighted by Gasteiger charge is 2.45. The van der Waals surface area contributed by atoms with Crippen molar-refractivity contribution < 1.29 is 14.3 Å². The van der Waals surface area contributed by atoms with E-state index < -0.39 is 0 Å². The van der Waals surface area contributed by atoms with E-state index >= 15 is 0 Å². The van der Waals surface area contributed by atoms with Crippen molar-refractivity contribution in [1.82, 2.24) is 25.0 Å². The number of hydrogen-bond acceptors (Lipinski definition) is 6. The molecule has 4 heterocycles. The van der Waals surface area contributed by atoms with Crippen LogP contribution in [-0.4, -0.2) is 96.1 Å². The molecule has 3 atom stereocenters. The summed E-state index contributed by atoms with van der Waals surface area (Å²) in [5, 5.41) is 3.13. The van der Waals surface area contributed by atoms with Gasteiger partial charge < -0.3 is 15.0 Å². The summed E-state index contributed by atoms with van der Waals surface area (Å²) >= 11 is 0. The molecule has 1 N–H and O–H groups in total. The number of carbonyl (C=O) groups is 2. The van der Waals surface area contributed by atoms with Crippen LogP contribution < -0.4 is 5.32 Å². The van der Waals surface area contributed by atoms with E-state index in [1.807, 2.05) is 23.1 Å². The molecule has 0 aliphatic carbocycles. The molecule has 0 saturated carbocycles. The highest BCUT2D eigenvalue weighted by Crippen LogP contribution is 2.28. The van der Waals surface area contributed by atoms with Crippen LogP contribution in [-0.2, 0) is 20.9 Å². The smallest absolute Gasteiger partial charge is 0.239 e. The van der Waals surface area contributed by atoms with Crippen molar-refractivity contribution in [2.45, 2.75) is 43.9 Å². The first kappa shape index (κ1) is 20.3. The van der Waals surface area contributed by atoms with Crippen molar-refractivity contribution in [3.63, 3.8) is 0 Å². The van der Waals surface area contributed by atoms with Gasteiger partial charge in [-0.3, -0.25) is 24.4 Å². The highest BCUT2D eigenvalue weighted by atomic mass is 16.5. The molecular weight excluding hydrogens is 370 g/mol. The number of nitrogens with zero attached hydrogens (tertiary/aromatic N) is 4. The first-order valence-corrected chi connectivity index (χ1v) is 10.6. The summed E-state index contributed by atoms with van der Waals surface area (Å²) in [5.74, 6) is 0.286. The van der Waals surface area contributed by atoms with Gasteiger partial charge in [0.2, 0.25) is 11.8 Å². The van der Waals surface area contributed by atoms with E-state index in [2.05, 4.69) is 27.1 Å². The van der Waals surface area contributed by atoms with Gasteiger partial charge in [0.15, 0.2) is 0 Å². The van der Waals surface area contributed by atoms with Gasteiger partial charge in [-0.2, -0.15) is 0 Å². The maximum atomic E-state index is 12.9. The number of likely N-dealkylation sites (tertiary alicyclic amines) is 1. The first-order valence-electron chi connectivity index (χ1n) is 10.6. The zero-order chi connectivity index (χ0) is 20.2. The van der Waals surface area contributed by atoms with E-state index in [0.717, 1.165) is 25.1 Å². The lowest BCUT2D eigenvalue weighted by molar-refractivity contribution is -0.135. The molecule has 1 aromatic heterocycles. The summed E-state index contributed by atoms with van der Waals surface area (Å²) in [6, 6.07) is 6.08. The third kappa shape index (κ3) is 4.60. The van der Waals surface area contributed by atoms with E-state index in [1.165, 1.54) is 0 Å². The Morgan fingerprint density at radius 1 is 1.28 bits per heavy atom. The molecule has 0 radical (unpaired) electrons. The van der Waals surface area contributed by atoms with E-state index in [4.69, 9.17) is 4.74 Å². The van der Waals surface area contributed by atoms with E-state index in [0.29, 0.717) is 45.8 Å². The van der Waals surface area contributed by atoms with Crippen LogP contribution in [0.1, 0.15) is 25.0 Å². The van der Waals surface area contributed by atoms with Crippen LogP contribution in [0.2, 0.25) is 0 Å². The van der Waals surface area contributed by atoms with Gasteiger partial charge in [0.1, 0.15) is 6.04 Å². The predicted molar refractivity (Wildman–Crippen MR) is 108 cm³/mol. The number of carbonyl (C=O) groups excluding carboxylic acids is 2. The number of nitrogens with one attached hydrogen (secondary N) is 1. The Hall–Kier alpha value is -2.03. The van der Waals surface area contributed by atoms with Crippen LogP contribution in [0.3, 0.4) is 0 Å². The number of rotatable bonds is 5. The number of likely N-dealkylation sites (N-methyl/N-ethyl adjacent to an activating group) is 1. The van der Waals surface area contributed by atoms with Gasteiger partial charge in [-0.05, 0) is 32.0 Å². The number of hydrogen-bond donors (Lipinski definition) is 1. The fraction of sp³-hybridized carbons (Fsp3) is 0.667. The lowest BCUT2D eigenvalue weighted by Gasteiger charge is -2.33. The van der Waals surface area contributed by atoms with Crippen LogP contribution in [0.4, 0.5) is 0 Å². The van der Waals surface area contributed by atoms with Gasteiger partial charge in [-0.15, -0.1) is 0 Å². The lowest BCUT2D eigenvalue weighted by Crippen LogP contribution is -2.49. The quantitative estimate of drug-likeness (QED) is 0.754. The van der Waals surface area contributed by atoms with Crippen molar-refractivity contribution in [3.8, 4) is 0 Å². The summed E-state index contributed by atoms with van der Waals surface area (Å²) < 4.78 is 5.33. The Bertz CT molecular complexity index is 710. The Morgan fingerprint density at radius 2 is 2.10 bits per heavy atom. The van der Waals surface area contributed by atoms with Crippen molar-refractivity contribution in [2.75, 3.05) is 46.4 Å². The fourth-order valence-corrected chi connectivity index (χ4v) is 4.79. The second kappa shape index (κ2) is 9.19. The molecule has 1 aromatic rings. The van der Waals surface area contributed by atoms with Crippen LogP contribution in [0.25, 0.3) is 0 Å². The third-order valence-electron chi connectivity index (χ3n) is 6.50. The fourth-order valence-electron chi connectivity index (χ4n) is 4.79. The van der Waals surface area contributed by atoms with Crippen LogP contribution in [0.5, 0.6) is 0 Å². The Kier molecular flexibility index (Phi) is 6.42. The Balaban J connectivity index is 1.37. The minimum Gasteiger partial charge on any atom is -0.378 e. The zero-order valence-corrected chi connectivity index (χ0v) is 17.1. The number of aromatic nitrogens is 1. The standard InChI is InChI=1S/C21H31N5O3/c1-24-17(5-6-19(27)25-10-12-29-13-11-25)14-23-21(28)20-18(24)7-9-26(20)15-16-4-2-3-8-22-16/h2-4,8,17-18,20H,5-7,9-15H2,1H3,(H,23,28)/t17-,18+,20-/m0/s1. The largest absolute Gasteiger partial charge is 0.378 e. The zero-order valence-electron chi connectivity index (χ0n) is 17.1. The van der Waals surface area contributed by atoms with Gasteiger partial charge in [0, 0.05) is 57.4 Å². The Labute approximate surface area is 172 Å². The average Bonchev–Trinajstić information content (AvgIpc) is 3.13. The second-order valence-corrected chi connectivity index (χ2v) is 8.19. The van der Waals surface area contributed by atoms with E-state index in [1.54, 1.807) is 6.20 Å². The van der Waals surface area contributed by atoms with Gasteiger partial charge >= 0.3 is 0 Å².